The van der Waals surface area contributed by atoms with E-state index < -0.39 is 21.8 Å². The molecular weight excluding hydrogens is 378 g/mol. The lowest BCUT2D eigenvalue weighted by Crippen LogP contribution is -2.55. The Morgan fingerprint density at radius 3 is 2.25 bits per heavy atom. The summed E-state index contributed by atoms with van der Waals surface area (Å²) in [6, 6.07) is 15.6. The summed E-state index contributed by atoms with van der Waals surface area (Å²) in [6.45, 7) is -0.452. The first-order valence-electron chi connectivity index (χ1n) is 8.90. The minimum atomic E-state index is -3.88. The average Bonchev–Trinajstić information content (AvgIpc) is 3.11. The molecule has 0 radical (unpaired) electrons. The molecule has 28 heavy (non-hydrogen) atoms. The van der Waals surface area contributed by atoms with Gasteiger partial charge in [-0.15, -0.1) is 0 Å². The van der Waals surface area contributed by atoms with Gasteiger partial charge in [-0.25, -0.2) is 8.42 Å². The second kappa shape index (κ2) is 7.21. The van der Waals surface area contributed by atoms with Crippen molar-refractivity contribution in [2.24, 2.45) is 0 Å². The molecule has 0 saturated carbocycles. The third kappa shape index (κ3) is 3.32. The van der Waals surface area contributed by atoms with E-state index in [-0.39, 0.29) is 24.5 Å². The van der Waals surface area contributed by atoms with Crippen molar-refractivity contribution in [1.29, 1.82) is 0 Å². The number of H-pyrrole nitrogens is 1. The van der Waals surface area contributed by atoms with E-state index in [1.807, 2.05) is 30.5 Å². The van der Waals surface area contributed by atoms with Gasteiger partial charge in [-0.1, -0.05) is 36.4 Å². The number of carbonyl (C=O) groups excluding carboxylic acids is 2. The van der Waals surface area contributed by atoms with E-state index >= 15 is 0 Å². The number of aromatic amines is 1. The zero-order valence-corrected chi connectivity index (χ0v) is 15.9. The number of imide groups is 1. The van der Waals surface area contributed by atoms with E-state index in [2.05, 4.69) is 4.98 Å². The molecule has 1 aliphatic heterocycles. The van der Waals surface area contributed by atoms with Crippen LogP contribution in [0.5, 0.6) is 0 Å². The largest absolute Gasteiger partial charge is 0.361 e. The van der Waals surface area contributed by atoms with Gasteiger partial charge in [0.2, 0.25) is 21.8 Å². The standard InChI is InChI=1S/C20H19N3O4S/c24-19-13-22(28(26,27)16-6-2-1-3-7-16)14-20(25)23(19)11-10-15-12-21-18-9-5-4-8-17(15)18/h1-9,12,21H,10-11,13-14H2. The molecule has 0 unspecified atom stereocenters. The predicted octanol–water partition coefficient (Wildman–Crippen LogP) is 1.77. The van der Waals surface area contributed by atoms with Gasteiger partial charge in [-0.05, 0) is 30.2 Å². The third-order valence-corrected chi connectivity index (χ3v) is 6.69. The van der Waals surface area contributed by atoms with Gasteiger partial charge in [0, 0.05) is 23.6 Å². The number of rotatable bonds is 5. The molecule has 1 aromatic heterocycles. The first kappa shape index (κ1) is 18.4. The molecule has 2 aromatic carbocycles. The van der Waals surface area contributed by atoms with Crippen LogP contribution in [0.25, 0.3) is 10.9 Å². The molecule has 0 spiro atoms. The first-order chi connectivity index (χ1) is 13.5. The van der Waals surface area contributed by atoms with Crippen LogP contribution in [0.3, 0.4) is 0 Å². The van der Waals surface area contributed by atoms with Gasteiger partial charge in [0.05, 0.1) is 18.0 Å². The number of amides is 2. The van der Waals surface area contributed by atoms with Gasteiger partial charge in [-0.2, -0.15) is 4.31 Å². The van der Waals surface area contributed by atoms with Crippen molar-refractivity contribution in [1.82, 2.24) is 14.2 Å². The molecule has 1 N–H and O–H groups in total. The van der Waals surface area contributed by atoms with E-state index in [9.17, 15) is 18.0 Å². The van der Waals surface area contributed by atoms with Crippen LogP contribution in [0, 0.1) is 0 Å². The van der Waals surface area contributed by atoms with Crippen LogP contribution >= 0.6 is 0 Å². The maximum atomic E-state index is 12.7. The van der Waals surface area contributed by atoms with Crippen LogP contribution in [0.4, 0.5) is 0 Å². The lowest BCUT2D eigenvalue weighted by Gasteiger charge is -2.32. The summed E-state index contributed by atoms with van der Waals surface area (Å²) in [4.78, 5) is 29.4. The molecule has 4 rings (SSSR count). The molecule has 2 amide bonds. The number of para-hydroxylation sites is 1. The lowest BCUT2D eigenvalue weighted by molar-refractivity contribution is -0.149. The van der Waals surface area contributed by atoms with Crippen LogP contribution < -0.4 is 0 Å². The Bertz CT molecular complexity index is 1120. The molecule has 1 fully saturated rings. The second-order valence-corrected chi connectivity index (χ2v) is 8.57. The Kier molecular flexibility index (Phi) is 4.74. The number of carbonyl (C=O) groups is 2. The summed E-state index contributed by atoms with van der Waals surface area (Å²) < 4.78 is 26.3. The average molecular weight is 397 g/mol. The number of sulfonamides is 1. The fourth-order valence-corrected chi connectivity index (χ4v) is 4.76. The second-order valence-electron chi connectivity index (χ2n) is 6.63. The zero-order chi connectivity index (χ0) is 19.7. The van der Waals surface area contributed by atoms with E-state index in [0.29, 0.717) is 6.42 Å². The topological polar surface area (TPSA) is 90.6 Å². The van der Waals surface area contributed by atoms with Crippen molar-refractivity contribution in [3.8, 4) is 0 Å². The van der Waals surface area contributed by atoms with Crippen LogP contribution in [0.15, 0.2) is 65.7 Å². The van der Waals surface area contributed by atoms with Crippen LogP contribution in [-0.2, 0) is 26.0 Å². The molecule has 1 aliphatic rings. The SMILES string of the molecule is O=C1CN(S(=O)(=O)c2ccccc2)CC(=O)N1CCc1c[nH]c2ccccc12. The molecule has 144 valence electrons. The van der Waals surface area contributed by atoms with E-state index in [0.717, 1.165) is 25.7 Å². The summed E-state index contributed by atoms with van der Waals surface area (Å²) in [5.41, 5.74) is 2.00. The Labute approximate surface area is 162 Å². The molecular formula is C20H19N3O4S. The molecule has 3 aromatic rings. The summed E-state index contributed by atoms with van der Waals surface area (Å²) in [5, 5.41) is 1.05. The molecule has 0 bridgehead atoms. The number of aromatic nitrogens is 1. The molecule has 1 saturated heterocycles. The summed E-state index contributed by atoms with van der Waals surface area (Å²) in [5.74, 6) is -1.01. The van der Waals surface area contributed by atoms with Crippen molar-refractivity contribution in [2.45, 2.75) is 11.3 Å². The van der Waals surface area contributed by atoms with Crippen LogP contribution in [0.1, 0.15) is 5.56 Å². The molecule has 0 atom stereocenters. The van der Waals surface area contributed by atoms with Gasteiger partial charge in [0.25, 0.3) is 0 Å². The maximum Gasteiger partial charge on any atom is 0.244 e. The van der Waals surface area contributed by atoms with Gasteiger partial charge >= 0.3 is 0 Å². The third-order valence-electron chi connectivity index (χ3n) is 4.89. The first-order valence-corrected chi connectivity index (χ1v) is 10.3. The summed E-state index contributed by atoms with van der Waals surface area (Å²) >= 11 is 0. The number of nitrogens with one attached hydrogen (secondary N) is 1. The van der Waals surface area contributed by atoms with E-state index in [1.165, 1.54) is 12.1 Å². The van der Waals surface area contributed by atoms with Crippen LogP contribution in [0.2, 0.25) is 0 Å². The highest BCUT2D eigenvalue weighted by Crippen LogP contribution is 2.21. The van der Waals surface area contributed by atoms with Crippen LogP contribution in [-0.4, -0.2) is 54.1 Å². The Balaban J connectivity index is 1.47. The number of benzene rings is 2. The fraction of sp³-hybridized carbons (Fsp3) is 0.200. The number of hydrogen-bond donors (Lipinski definition) is 1. The van der Waals surface area contributed by atoms with Gasteiger partial charge in [0.1, 0.15) is 0 Å². The van der Waals surface area contributed by atoms with Gasteiger partial charge in [0.15, 0.2) is 0 Å². The molecule has 7 nitrogen and oxygen atoms in total. The smallest absolute Gasteiger partial charge is 0.244 e. The normalized spacial score (nSPS) is 16.1. The molecule has 2 heterocycles. The maximum absolute atomic E-state index is 12.7. The highest BCUT2D eigenvalue weighted by atomic mass is 32.2. The van der Waals surface area contributed by atoms with E-state index in [4.69, 9.17) is 0 Å². The van der Waals surface area contributed by atoms with Gasteiger partial charge < -0.3 is 4.98 Å². The molecule has 0 aliphatic carbocycles. The number of fused-ring (bicyclic) bond motifs is 1. The van der Waals surface area contributed by atoms with E-state index in [1.54, 1.807) is 18.2 Å². The highest BCUT2D eigenvalue weighted by Gasteiger charge is 2.37. The monoisotopic (exact) mass is 397 g/mol. The van der Waals surface area contributed by atoms with Gasteiger partial charge in [-0.3, -0.25) is 14.5 Å². The highest BCUT2D eigenvalue weighted by molar-refractivity contribution is 7.89. The zero-order valence-electron chi connectivity index (χ0n) is 15.0. The quantitative estimate of drug-likeness (QED) is 0.665. The lowest BCUT2D eigenvalue weighted by atomic mass is 10.1. The Morgan fingerprint density at radius 1 is 0.893 bits per heavy atom. The summed E-state index contributed by atoms with van der Waals surface area (Å²) in [7, 11) is -3.88. The van der Waals surface area contributed by atoms with Crippen molar-refractivity contribution in [3.05, 3.63) is 66.4 Å². The minimum absolute atomic E-state index is 0.0721. The number of nitrogens with zero attached hydrogens (tertiary/aromatic N) is 2. The van der Waals surface area contributed by atoms with Crippen molar-refractivity contribution in [3.63, 3.8) is 0 Å². The minimum Gasteiger partial charge on any atom is -0.361 e. The number of hydrogen-bond acceptors (Lipinski definition) is 4. The summed E-state index contributed by atoms with van der Waals surface area (Å²) in [6.07, 6.45) is 2.38. The number of piperazine rings is 1. The van der Waals surface area contributed by atoms with Crippen molar-refractivity contribution in [2.75, 3.05) is 19.6 Å². The molecule has 8 heteroatoms. The Hall–Kier alpha value is -2.97. The fourth-order valence-electron chi connectivity index (χ4n) is 3.40. The van der Waals surface area contributed by atoms with Crippen molar-refractivity contribution >= 4 is 32.7 Å². The Morgan fingerprint density at radius 2 is 1.54 bits per heavy atom. The predicted molar refractivity (Wildman–Crippen MR) is 104 cm³/mol. The van der Waals surface area contributed by atoms with Crippen molar-refractivity contribution < 1.29 is 18.0 Å².